The highest BCUT2D eigenvalue weighted by molar-refractivity contribution is 5.76. The van der Waals surface area contributed by atoms with Crippen LogP contribution in [0.1, 0.15) is 24.8 Å². The molecule has 1 heterocycles. The molecule has 1 saturated heterocycles. The predicted octanol–water partition coefficient (Wildman–Crippen LogP) is 1.62. The van der Waals surface area contributed by atoms with Gasteiger partial charge in [0.25, 0.3) is 0 Å². The van der Waals surface area contributed by atoms with Crippen LogP contribution in [0.4, 0.5) is 0 Å². The standard InChI is InChI=1S/C16H23NO3/c18-15-8-10-17(13-15)16(19)7-4-11-20-12-9-14-5-2-1-3-6-14/h1-3,5-6,15,18H,4,7-13H2/t15-/m1/s1. The minimum Gasteiger partial charge on any atom is -0.391 e. The predicted molar refractivity (Wildman–Crippen MR) is 77.4 cm³/mol. The first-order valence-electron chi connectivity index (χ1n) is 7.33. The Morgan fingerprint density at radius 2 is 2.10 bits per heavy atom. The Kier molecular flexibility index (Phi) is 6.02. The van der Waals surface area contributed by atoms with Crippen molar-refractivity contribution >= 4 is 5.91 Å². The van der Waals surface area contributed by atoms with Crippen LogP contribution < -0.4 is 0 Å². The number of hydrogen-bond acceptors (Lipinski definition) is 3. The zero-order valence-electron chi connectivity index (χ0n) is 11.8. The summed E-state index contributed by atoms with van der Waals surface area (Å²) in [6, 6.07) is 10.2. The van der Waals surface area contributed by atoms with Crippen LogP contribution in [0.5, 0.6) is 0 Å². The molecule has 0 unspecified atom stereocenters. The monoisotopic (exact) mass is 277 g/mol. The van der Waals surface area contributed by atoms with Crippen molar-refractivity contribution in [1.29, 1.82) is 0 Å². The molecule has 1 aliphatic heterocycles. The second-order valence-electron chi connectivity index (χ2n) is 5.23. The molecule has 1 fully saturated rings. The quantitative estimate of drug-likeness (QED) is 0.771. The highest BCUT2D eigenvalue weighted by Gasteiger charge is 2.23. The van der Waals surface area contributed by atoms with Gasteiger partial charge in [0.1, 0.15) is 0 Å². The van der Waals surface area contributed by atoms with Gasteiger partial charge in [-0.15, -0.1) is 0 Å². The van der Waals surface area contributed by atoms with Gasteiger partial charge in [0.15, 0.2) is 0 Å². The summed E-state index contributed by atoms with van der Waals surface area (Å²) in [5.41, 5.74) is 1.27. The van der Waals surface area contributed by atoms with Gasteiger partial charge in [-0.1, -0.05) is 30.3 Å². The summed E-state index contributed by atoms with van der Waals surface area (Å²) in [4.78, 5) is 13.5. The number of rotatable bonds is 7. The van der Waals surface area contributed by atoms with Gasteiger partial charge in [-0.25, -0.2) is 0 Å². The van der Waals surface area contributed by atoms with E-state index in [2.05, 4.69) is 12.1 Å². The molecule has 110 valence electrons. The molecule has 4 heteroatoms. The molecule has 0 radical (unpaired) electrons. The molecule has 1 amide bonds. The fraction of sp³-hybridized carbons (Fsp3) is 0.562. The van der Waals surface area contributed by atoms with Crippen LogP contribution in [0.25, 0.3) is 0 Å². The minimum atomic E-state index is -0.332. The Bertz CT molecular complexity index is 407. The lowest BCUT2D eigenvalue weighted by molar-refractivity contribution is -0.130. The Hall–Kier alpha value is -1.39. The number of carbonyl (C=O) groups excluding carboxylic acids is 1. The molecule has 0 spiro atoms. The maximum Gasteiger partial charge on any atom is 0.222 e. The first-order chi connectivity index (χ1) is 9.75. The molecule has 1 atom stereocenters. The summed E-state index contributed by atoms with van der Waals surface area (Å²) < 4.78 is 5.55. The Labute approximate surface area is 120 Å². The number of aliphatic hydroxyl groups is 1. The van der Waals surface area contributed by atoms with Crippen molar-refractivity contribution < 1.29 is 14.6 Å². The van der Waals surface area contributed by atoms with Crippen LogP contribution in [0.2, 0.25) is 0 Å². The smallest absolute Gasteiger partial charge is 0.222 e. The third kappa shape index (κ3) is 4.94. The molecule has 2 rings (SSSR count). The highest BCUT2D eigenvalue weighted by atomic mass is 16.5. The molecule has 0 bridgehead atoms. The average molecular weight is 277 g/mol. The van der Waals surface area contributed by atoms with Gasteiger partial charge in [-0.2, -0.15) is 0 Å². The second-order valence-corrected chi connectivity index (χ2v) is 5.23. The van der Waals surface area contributed by atoms with Crippen LogP contribution in [0.15, 0.2) is 30.3 Å². The maximum absolute atomic E-state index is 11.8. The van der Waals surface area contributed by atoms with Crippen molar-refractivity contribution in [2.75, 3.05) is 26.3 Å². The molecular weight excluding hydrogens is 254 g/mol. The first kappa shape index (κ1) is 15.0. The topological polar surface area (TPSA) is 49.8 Å². The highest BCUT2D eigenvalue weighted by Crippen LogP contribution is 2.10. The number of benzene rings is 1. The summed E-state index contributed by atoms with van der Waals surface area (Å²) in [7, 11) is 0. The second kappa shape index (κ2) is 8.02. The molecule has 20 heavy (non-hydrogen) atoms. The Morgan fingerprint density at radius 3 is 2.80 bits per heavy atom. The molecule has 1 aromatic carbocycles. The van der Waals surface area contributed by atoms with Crippen molar-refractivity contribution in [1.82, 2.24) is 4.90 Å². The van der Waals surface area contributed by atoms with Crippen LogP contribution in [0, 0.1) is 0 Å². The normalized spacial score (nSPS) is 18.4. The van der Waals surface area contributed by atoms with E-state index in [1.807, 2.05) is 18.2 Å². The number of amides is 1. The summed E-state index contributed by atoms with van der Waals surface area (Å²) >= 11 is 0. The number of hydrogen-bond donors (Lipinski definition) is 1. The van der Waals surface area contributed by atoms with E-state index in [4.69, 9.17) is 4.74 Å². The number of likely N-dealkylation sites (tertiary alicyclic amines) is 1. The largest absolute Gasteiger partial charge is 0.391 e. The van der Waals surface area contributed by atoms with Gasteiger partial charge in [0.05, 0.1) is 12.7 Å². The van der Waals surface area contributed by atoms with E-state index in [0.717, 1.165) is 12.8 Å². The van der Waals surface area contributed by atoms with E-state index < -0.39 is 0 Å². The average Bonchev–Trinajstić information content (AvgIpc) is 2.90. The van der Waals surface area contributed by atoms with Crippen molar-refractivity contribution in [3.8, 4) is 0 Å². The summed E-state index contributed by atoms with van der Waals surface area (Å²) in [6.07, 6.45) is 2.55. The van der Waals surface area contributed by atoms with E-state index in [1.54, 1.807) is 4.90 Å². The van der Waals surface area contributed by atoms with E-state index in [0.29, 0.717) is 39.1 Å². The zero-order chi connectivity index (χ0) is 14.2. The van der Waals surface area contributed by atoms with Gasteiger partial charge >= 0.3 is 0 Å². The lowest BCUT2D eigenvalue weighted by Gasteiger charge is -2.15. The third-order valence-electron chi connectivity index (χ3n) is 3.57. The summed E-state index contributed by atoms with van der Waals surface area (Å²) in [5.74, 6) is 0.133. The van der Waals surface area contributed by atoms with Gasteiger partial charge in [-0.05, 0) is 24.8 Å². The molecule has 0 saturated carbocycles. The lowest BCUT2D eigenvalue weighted by Crippen LogP contribution is -2.29. The fourth-order valence-electron chi connectivity index (χ4n) is 2.39. The number of ether oxygens (including phenoxy) is 1. The number of aliphatic hydroxyl groups excluding tert-OH is 1. The van der Waals surface area contributed by atoms with Gasteiger partial charge in [0, 0.05) is 26.1 Å². The van der Waals surface area contributed by atoms with Crippen LogP contribution in [-0.4, -0.2) is 48.3 Å². The van der Waals surface area contributed by atoms with E-state index in [1.165, 1.54) is 5.56 Å². The van der Waals surface area contributed by atoms with Crippen molar-refractivity contribution in [3.05, 3.63) is 35.9 Å². The first-order valence-corrected chi connectivity index (χ1v) is 7.33. The molecule has 1 N–H and O–H groups in total. The van der Waals surface area contributed by atoms with Gasteiger partial charge in [-0.3, -0.25) is 4.79 Å². The Morgan fingerprint density at radius 1 is 1.30 bits per heavy atom. The van der Waals surface area contributed by atoms with Crippen LogP contribution in [0.3, 0.4) is 0 Å². The molecular formula is C16H23NO3. The van der Waals surface area contributed by atoms with E-state index >= 15 is 0 Å². The van der Waals surface area contributed by atoms with Gasteiger partial charge in [0.2, 0.25) is 5.91 Å². The summed E-state index contributed by atoms with van der Waals surface area (Å²) in [6.45, 7) is 2.50. The van der Waals surface area contributed by atoms with Crippen molar-refractivity contribution in [3.63, 3.8) is 0 Å². The molecule has 1 aromatic rings. The van der Waals surface area contributed by atoms with Crippen LogP contribution in [-0.2, 0) is 16.0 Å². The van der Waals surface area contributed by atoms with Crippen molar-refractivity contribution in [2.24, 2.45) is 0 Å². The third-order valence-corrected chi connectivity index (χ3v) is 3.57. The van der Waals surface area contributed by atoms with E-state index in [-0.39, 0.29) is 12.0 Å². The maximum atomic E-state index is 11.8. The van der Waals surface area contributed by atoms with Crippen LogP contribution >= 0.6 is 0 Å². The molecule has 0 aromatic heterocycles. The SMILES string of the molecule is O=C(CCCOCCc1ccccc1)N1CC[C@@H](O)C1. The number of nitrogens with zero attached hydrogens (tertiary/aromatic N) is 1. The molecule has 1 aliphatic rings. The number of β-amino-alcohol motifs (C(OH)–C–C–N with tert-alkyl or cyclic N) is 1. The van der Waals surface area contributed by atoms with E-state index in [9.17, 15) is 9.90 Å². The number of carbonyl (C=O) groups is 1. The molecule has 4 nitrogen and oxygen atoms in total. The summed E-state index contributed by atoms with van der Waals surface area (Å²) in [5, 5.41) is 9.38. The van der Waals surface area contributed by atoms with Gasteiger partial charge < -0.3 is 14.7 Å². The minimum absolute atomic E-state index is 0.133. The van der Waals surface area contributed by atoms with Crippen molar-refractivity contribution in [2.45, 2.75) is 31.8 Å². The lowest BCUT2D eigenvalue weighted by atomic mass is 10.2. The molecule has 0 aliphatic carbocycles. The fourth-order valence-corrected chi connectivity index (χ4v) is 2.39. The zero-order valence-corrected chi connectivity index (χ0v) is 11.8. The Balaban J connectivity index is 1.50.